The molecule has 0 unspecified atom stereocenters. The second-order valence-corrected chi connectivity index (χ2v) is 5.81. The standard InChI is InChI=1S/C16H17ClN4O2/c1-20-16(23)15(17)12(9-19-20)18-10-14(22)21-8-4-6-11-5-2-3-7-13(11)21/h2-3,5,7,9,18H,4,6,8,10H2,1H3. The molecule has 1 aliphatic heterocycles. The van der Waals surface area contributed by atoms with E-state index in [0.717, 1.165) is 23.2 Å². The van der Waals surface area contributed by atoms with Gasteiger partial charge in [-0.1, -0.05) is 29.8 Å². The van der Waals surface area contributed by atoms with E-state index in [1.165, 1.54) is 18.8 Å². The van der Waals surface area contributed by atoms with Crippen molar-refractivity contribution < 1.29 is 4.79 Å². The summed E-state index contributed by atoms with van der Waals surface area (Å²) >= 11 is 5.99. The van der Waals surface area contributed by atoms with E-state index in [1.807, 2.05) is 24.3 Å². The quantitative estimate of drug-likeness (QED) is 0.931. The summed E-state index contributed by atoms with van der Waals surface area (Å²) in [6.07, 6.45) is 3.37. The molecule has 0 aliphatic carbocycles. The first-order valence-corrected chi connectivity index (χ1v) is 7.79. The van der Waals surface area contributed by atoms with Gasteiger partial charge in [-0.15, -0.1) is 0 Å². The molecule has 0 saturated carbocycles. The van der Waals surface area contributed by atoms with Gasteiger partial charge >= 0.3 is 0 Å². The van der Waals surface area contributed by atoms with E-state index in [9.17, 15) is 9.59 Å². The molecule has 0 radical (unpaired) electrons. The summed E-state index contributed by atoms with van der Waals surface area (Å²) in [5.74, 6) is -0.0612. The van der Waals surface area contributed by atoms with Crippen molar-refractivity contribution in [3.63, 3.8) is 0 Å². The molecular weight excluding hydrogens is 316 g/mol. The monoisotopic (exact) mass is 332 g/mol. The molecule has 2 aromatic rings. The number of fused-ring (bicyclic) bond motifs is 1. The second-order valence-electron chi connectivity index (χ2n) is 5.43. The Morgan fingerprint density at radius 1 is 1.39 bits per heavy atom. The van der Waals surface area contributed by atoms with Gasteiger partial charge < -0.3 is 10.2 Å². The van der Waals surface area contributed by atoms with Crippen molar-refractivity contribution in [1.82, 2.24) is 9.78 Å². The first kappa shape index (κ1) is 15.6. The molecule has 0 bridgehead atoms. The zero-order valence-electron chi connectivity index (χ0n) is 12.8. The smallest absolute Gasteiger partial charge is 0.287 e. The van der Waals surface area contributed by atoms with Crippen LogP contribution in [0, 0.1) is 0 Å². The van der Waals surface area contributed by atoms with Crippen molar-refractivity contribution in [1.29, 1.82) is 0 Å². The topological polar surface area (TPSA) is 67.2 Å². The number of benzene rings is 1. The zero-order chi connectivity index (χ0) is 16.4. The van der Waals surface area contributed by atoms with Crippen molar-refractivity contribution >= 4 is 28.9 Å². The summed E-state index contributed by atoms with van der Waals surface area (Å²) in [6.45, 7) is 0.753. The molecule has 6 nitrogen and oxygen atoms in total. The molecule has 0 fully saturated rings. The third kappa shape index (κ3) is 3.07. The van der Waals surface area contributed by atoms with Gasteiger partial charge in [-0.25, -0.2) is 4.68 Å². The Hall–Kier alpha value is -2.34. The highest BCUT2D eigenvalue weighted by atomic mass is 35.5. The number of anilines is 2. The predicted molar refractivity (Wildman–Crippen MR) is 90.1 cm³/mol. The van der Waals surface area contributed by atoms with E-state index in [0.29, 0.717) is 12.2 Å². The summed E-state index contributed by atoms with van der Waals surface area (Å²) in [5, 5.41) is 6.84. The third-order valence-corrected chi connectivity index (χ3v) is 4.28. The lowest BCUT2D eigenvalue weighted by molar-refractivity contribution is -0.117. The second kappa shape index (κ2) is 6.42. The first-order chi connectivity index (χ1) is 11.1. The Balaban J connectivity index is 1.74. The van der Waals surface area contributed by atoms with E-state index in [1.54, 1.807) is 4.90 Å². The first-order valence-electron chi connectivity index (χ1n) is 7.42. The van der Waals surface area contributed by atoms with Crippen LogP contribution in [0.5, 0.6) is 0 Å². The summed E-state index contributed by atoms with van der Waals surface area (Å²) in [6, 6.07) is 7.92. The van der Waals surface area contributed by atoms with Gasteiger partial charge in [0.25, 0.3) is 5.56 Å². The van der Waals surface area contributed by atoms with Gasteiger partial charge in [0.1, 0.15) is 5.02 Å². The molecule has 1 aromatic heterocycles. The number of carbonyl (C=O) groups is 1. The Kier molecular flexibility index (Phi) is 4.34. The number of halogens is 1. The van der Waals surface area contributed by atoms with Crippen LogP contribution in [0.2, 0.25) is 5.02 Å². The van der Waals surface area contributed by atoms with Gasteiger partial charge in [0.2, 0.25) is 5.91 Å². The van der Waals surface area contributed by atoms with Crippen molar-refractivity contribution in [3.05, 3.63) is 51.4 Å². The number of hydrogen-bond donors (Lipinski definition) is 1. The highest BCUT2D eigenvalue weighted by Crippen LogP contribution is 2.26. The minimum absolute atomic E-state index is 0.0364. The minimum Gasteiger partial charge on any atom is -0.373 e. The Labute approximate surface area is 138 Å². The van der Waals surface area contributed by atoms with Crippen LogP contribution in [0.4, 0.5) is 11.4 Å². The molecule has 120 valence electrons. The molecule has 0 atom stereocenters. The lowest BCUT2D eigenvalue weighted by Crippen LogP contribution is -2.39. The summed E-state index contributed by atoms with van der Waals surface area (Å²) in [5.41, 5.74) is 2.11. The molecule has 1 amide bonds. The van der Waals surface area contributed by atoms with Crippen molar-refractivity contribution in [3.8, 4) is 0 Å². The summed E-state index contributed by atoms with van der Waals surface area (Å²) in [4.78, 5) is 26.0. The number of carbonyl (C=O) groups excluding carboxylic acids is 1. The van der Waals surface area contributed by atoms with Gasteiger partial charge in [-0.05, 0) is 24.5 Å². The number of para-hydroxylation sites is 1. The van der Waals surface area contributed by atoms with E-state index in [4.69, 9.17) is 11.6 Å². The van der Waals surface area contributed by atoms with Gasteiger partial charge in [-0.2, -0.15) is 5.10 Å². The average Bonchev–Trinajstić information content (AvgIpc) is 2.58. The molecule has 3 rings (SSSR count). The van der Waals surface area contributed by atoms with Crippen LogP contribution in [0.25, 0.3) is 0 Å². The number of nitrogens with one attached hydrogen (secondary N) is 1. The largest absolute Gasteiger partial charge is 0.373 e. The molecule has 1 aliphatic rings. The number of rotatable bonds is 3. The van der Waals surface area contributed by atoms with Crippen molar-refractivity contribution in [2.24, 2.45) is 7.05 Å². The van der Waals surface area contributed by atoms with Crippen LogP contribution in [-0.2, 0) is 18.3 Å². The molecule has 0 spiro atoms. The van der Waals surface area contributed by atoms with E-state index >= 15 is 0 Å². The third-order valence-electron chi connectivity index (χ3n) is 3.92. The Morgan fingerprint density at radius 2 is 2.17 bits per heavy atom. The molecule has 7 heteroatoms. The molecule has 2 heterocycles. The summed E-state index contributed by atoms with van der Waals surface area (Å²) < 4.78 is 1.15. The lowest BCUT2D eigenvalue weighted by Gasteiger charge is -2.29. The Bertz CT molecular complexity index is 803. The van der Waals surface area contributed by atoms with Crippen LogP contribution in [0.1, 0.15) is 12.0 Å². The van der Waals surface area contributed by atoms with Gasteiger partial charge in [-0.3, -0.25) is 9.59 Å². The van der Waals surface area contributed by atoms with E-state index in [-0.39, 0.29) is 17.5 Å². The van der Waals surface area contributed by atoms with Gasteiger partial charge in [0.05, 0.1) is 18.4 Å². The van der Waals surface area contributed by atoms with Crippen molar-refractivity contribution in [2.75, 3.05) is 23.3 Å². The van der Waals surface area contributed by atoms with Crippen LogP contribution < -0.4 is 15.8 Å². The fraction of sp³-hybridized carbons (Fsp3) is 0.312. The molecular formula is C16H17ClN4O2. The van der Waals surface area contributed by atoms with E-state index in [2.05, 4.69) is 10.4 Å². The lowest BCUT2D eigenvalue weighted by atomic mass is 10.0. The van der Waals surface area contributed by atoms with Crippen LogP contribution in [0.15, 0.2) is 35.3 Å². The maximum atomic E-state index is 12.5. The maximum Gasteiger partial charge on any atom is 0.287 e. The normalized spacial score (nSPS) is 13.6. The minimum atomic E-state index is -0.396. The molecule has 1 aromatic carbocycles. The van der Waals surface area contributed by atoms with E-state index < -0.39 is 5.56 Å². The van der Waals surface area contributed by atoms with Crippen molar-refractivity contribution in [2.45, 2.75) is 12.8 Å². The number of hydrogen-bond acceptors (Lipinski definition) is 4. The van der Waals surface area contributed by atoms with Crippen LogP contribution >= 0.6 is 11.6 Å². The number of aromatic nitrogens is 2. The fourth-order valence-corrected chi connectivity index (χ4v) is 2.93. The number of aryl methyl sites for hydroxylation is 2. The zero-order valence-corrected chi connectivity index (χ0v) is 13.5. The predicted octanol–water partition coefficient (Wildman–Crippen LogP) is 1.82. The Morgan fingerprint density at radius 3 is 3.00 bits per heavy atom. The number of nitrogens with zero attached hydrogens (tertiary/aromatic N) is 3. The van der Waals surface area contributed by atoms with Gasteiger partial charge in [0.15, 0.2) is 0 Å². The average molecular weight is 333 g/mol. The highest BCUT2D eigenvalue weighted by molar-refractivity contribution is 6.33. The SMILES string of the molecule is Cn1ncc(NCC(=O)N2CCCc3ccccc32)c(Cl)c1=O. The maximum absolute atomic E-state index is 12.5. The molecule has 0 saturated heterocycles. The fourth-order valence-electron chi connectivity index (χ4n) is 2.69. The molecule has 1 N–H and O–H groups in total. The summed E-state index contributed by atoms with van der Waals surface area (Å²) in [7, 11) is 1.52. The van der Waals surface area contributed by atoms with Crippen LogP contribution in [0.3, 0.4) is 0 Å². The molecule has 23 heavy (non-hydrogen) atoms. The van der Waals surface area contributed by atoms with Crippen LogP contribution in [-0.4, -0.2) is 28.8 Å². The highest BCUT2D eigenvalue weighted by Gasteiger charge is 2.22. The number of amides is 1. The van der Waals surface area contributed by atoms with Gasteiger partial charge in [0, 0.05) is 19.3 Å².